The van der Waals surface area contributed by atoms with Crippen molar-refractivity contribution in [2.45, 2.75) is 26.8 Å². The Kier molecular flexibility index (Phi) is 5.88. The third-order valence-electron chi connectivity index (χ3n) is 3.29. The molecule has 0 aliphatic heterocycles. The fourth-order valence-corrected chi connectivity index (χ4v) is 3.24. The molecule has 0 radical (unpaired) electrons. The van der Waals surface area contributed by atoms with Crippen molar-refractivity contribution >= 4 is 29.1 Å². The Morgan fingerprint density at radius 1 is 1.26 bits per heavy atom. The molecule has 23 heavy (non-hydrogen) atoms. The lowest BCUT2D eigenvalue weighted by Crippen LogP contribution is -2.00. The van der Waals surface area contributed by atoms with Crippen molar-refractivity contribution < 1.29 is 9.53 Å². The molecule has 1 heterocycles. The van der Waals surface area contributed by atoms with E-state index in [0.29, 0.717) is 4.88 Å². The Bertz CT molecular complexity index is 727. The quantitative estimate of drug-likeness (QED) is 0.567. The minimum Gasteiger partial charge on any atom is -0.465 e. The van der Waals surface area contributed by atoms with E-state index in [1.54, 1.807) is 6.21 Å². The number of allylic oxidation sites excluding steroid dienone is 2. The molecule has 0 fully saturated rings. The number of esters is 1. The molecule has 0 unspecified atom stereocenters. The lowest BCUT2D eigenvalue weighted by Gasteiger charge is -2.01. The lowest BCUT2D eigenvalue weighted by molar-refractivity contribution is 0.0606. The molecule has 1 aromatic carbocycles. The first-order valence-corrected chi connectivity index (χ1v) is 8.32. The maximum atomic E-state index is 12.1. The molecule has 0 aliphatic rings. The summed E-state index contributed by atoms with van der Waals surface area (Å²) in [5.74, 6) is -0.305. The summed E-state index contributed by atoms with van der Waals surface area (Å²) >= 11 is 1.45. The molecule has 120 valence electrons. The zero-order chi connectivity index (χ0) is 16.8. The summed E-state index contributed by atoms with van der Waals surface area (Å²) in [7, 11) is 1.41. The van der Waals surface area contributed by atoms with Gasteiger partial charge in [0.1, 0.15) is 4.88 Å². The number of aliphatic imine (C=N–C) groups is 1. The molecule has 3 nitrogen and oxygen atoms in total. The topological polar surface area (TPSA) is 38.7 Å². The van der Waals surface area contributed by atoms with Gasteiger partial charge < -0.3 is 4.74 Å². The fourth-order valence-electron chi connectivity index (χ4n) is 2.09. The van der Waals surface area contributed by atoms with Crippen molar-refractivity contribution in [1.82, 2.24) is 0 Å². The largest absolute Gasteiger partial charge is 0.465 e. The van der Waals surface area contributed by atoms with Crippen LogP contribution in [0.5, 0.6) is 0 Å². The highest BCUT2D eigenvalue weighted by atomic mass is 32.1. The summed E-state index contributed by atoms with van der Waals surface area (Å²) in [6.45, 7) is 6.03. The third-order valence-corrected chi connectivity index (χ3v) is 4.46. The van der Waals surface area contributed by atoms with Crippen molar-refractivity contribution in [2.24, 2.45) is 4.99 Å². The average Bonchev–Trinajstić information content (AvgIpc) is 3.00. The van der Waals surface area contributed by atoms with E-state index in [9.17, 15) is 4.79 Å². The zero-order valence-electron chi connectivity index (χ0n) is 13.9. The van der Waals surface area contributed by atoms with Gasteiger partial charge in [0, 0.05) is 22.7 Å². The Morgan fingerprint density at radius 2 is 1.96 bits per heavy atom. The van der Waals surface area contributed by atoms with Crippen LogP contribution in [0.25, 0.3) is 16.0 Å². The molecular formula is C19H21NO2S. The number of thiophene rings is 1. The van der Waals surface area contributed by atoms with Gasteiger partial charge in [0.2, 0.25) is 0 Å². The second-order valence-corrected chi connectivity index (χ2v) is 6.50. The van der Waals surface area contributed by atoms with Gasteiger partial charge in [-0.2, -0.15) is 0 Å². The molecule has 2 aromatic rings. The van der Waals surface area contributed by atoms with Crippen LogP contribution >= 0.6 is 11.3 Å². The predicted octanol–water partition coefficient (Wildman–Crippen LogP) is 5.08. The van der Waals surface area contributed by atoms with Crippen molar-refractivity contribution in [3.8, 4) is 10.4 Å². The molecule has 4 heteroatoms. The van der Waals surface area contributed by atoms with Crippen LogP contribution in [0.2, 0.25) is 0 Å². The summed E-state index contributed by atoms with van der Waals surface area (Å²) < 4.78 is 4.93. The normalized spacial score (nSPS) is 12.1. The first kappa shape index (κ1) is 17.2. The average molecular weight is 327 g/mol. The van der Waals surface area contributed by atoms with Gasteiger partial charge in [0.15, 0.2) is 0 Å². The van der Waals surface area contributed by atoms with Gasteiger partial charge in [-0.3, -0.25) is 4.99 Å². The number of methoxy groups -OCH3 is 1. The standard InChI is InChI=1S/C19H21NO2S/c1-13(2)20-11-10-14(3)16-12-17(15-8-6-5-7-9-15)23-18(16)19(21)22-4/h5-13H,1-4H3/b14-10+,20-11?. The first-order valence-electron chi connectivity index (χ1n) is 7.51. The summed E-state index contributed by atoms with van der Waals surface area (Å²) in [5.41, 5.74) is 2.99. The van der Waals surface area contributed by atoms with Crippen LogP contribution in [-0.2, 0) is 4.74 Å². The number of hydrogen-bond acceptors (Lipinski definition) is 4. The van der Waals surface area contributed by atoms with Gasteiger partial charge in [-0.15, -0.1) is 11.3 Å². The lowest BCUT2D eigenvalue weighted by atomic mass is 10.1. The van der Waals surface area contributed by atoms with E-state index >= 15 is 0 Å². The van der Waals surface area contributed by atoms with E-state index < -0.39 is 0 Å². The van der Waals surface area contributed by atoms with Crippen LogP contribution in [0.3, 0.4) is 0 Å². The van der Waals surface area contributed by atoms with E-state index in [1.807, 2.05) is 63.2 Å². The number of hydrogen-bond donors (Lipinski definition) is 0. The van der Waals surface area contributed by atoms with Gasteiger partial charge >= 0.3 is 5.97 Å². The van der Waals surface area contributed by atoms with Gasteiger partial charge in [-0.1, -0.05) is 30.3 Å². The molecule has 0 saturated carbocycles. The van der Waals surface area contributed by atoms with Gasteiger partial charge in [0.25, 0.3) is 0 Å². The Morgan fingerprint density at radius 3 is 2.57 bits per heavy atom. The molecule has 0 saturated heterocycles. The van der Waals surface area contributed by atoms with E-state index in [2.05, 4.69) is 4.99 Å². The molecule has 1 aromatic heterocycles. The molecule has 2 rings (SSSR count). The number of nitrogens with zero attached hydrogens (tertiary/aromatic N) is 1. The zero-order valence-corrected chi connectivity index (χ0v) is 14.7. The Hall–Kier alpha value is -2.20. The smallest absolute Gasteiger partial charge is 0.348 e. The van der Waals surface area contributed by atoms with Gasteiger partial charge in [-0.25, -0.2) is 4.79 Å². The maximum absolute atomic E-state index is 12.1. The first-order chi connectivity index (χ1) is 11.0. The van der Waals surface area contributed by atoms with E-state index in [-0.39, 0.29) is 12.0 Å². The predicted molar refractivity (Wildman–Crippen MR) is 98.4 cm³/mol. The van der Waals surface area contributed by atoms with E-state index in [1.165, 1.54) is 18.4 Å². The monoisotopic (exact) mass is 327 g/mol. The third kappa shape index (κ3) is 4.39. The highest BCUT2D eigenvalue weighted by molar-refractivity contribution is 7.17. The van der Waals surface area contributed by atoms with Crippen LogP contribution in [0.1, 0.15) is 36.0 Å². The van der Waals surface area contributed by atoms with Gasteiger partial charge in [-0.05, 0) is 44.1 Å². The van der Waals surface area contributed by atoms with Crippen molar-refractivity contribution in [3.63, 3.8) is 0 Å². The van der Waals surface area contributed by atoms with Gasteiger partial charge in [0.05, 0.1) is 7.11 Å². The second-order valence-electron chi connectivity index (χ2n) is 5.45. The molecule has 0 amide bonds. The highest BCUT2D eigenvalue weighted by Crippen LogP contribution is 2.35. The second kappa shape index (κ2) is 7.88. The highest BCUT2D eigenvalue weighted by Gasteiger charge is 2.18. The van der Waals surface area contributed by atoms with Crippen molar-refractivity contribution in [3.05, 3.63) is 52.9 Å². The molecule has 0 spiro atoms. The molecule has 0 bridgehead atoms. The van der Waals surface area contributed by atoms with Crippen LogP contribution in [0, 0.1) is 0 Å². The van der Waals surface area contributed by atoms with Crippen molar-refractivity contribution in [1.29, 1.82) is 0 Å². The minimum absolute atomic E-state index is 0.251. The number of ether oxygens (including phenoxy) is 1. The number of carbonyl (C=O) groups excluding carboxylic acids is 1. The summed E-state index contributed by atoms with van der Waals surface area (Å²) in [5, 5.41) is 0. The fraction of sp³-hybridized carbons (Fsp3) is 0.263. The minimum atomic E-state index is -0.305. The number of carbonyl (C=O) groups is 1. The Labute approximate surface area is 141 Å². The van der Waals surface area contributed by atoms with E-state index in [4.69, 9.17) is 4.74 Å². The number of rotatable bonds is 5. The Balaban J connectivity index is 2.45. The summed E-state index contributed by atoms with van der Waals surface area (Å²) in [4.78, 5) is 18.1. The maximum Gasteiger partial charge on any atom is 0.348 e. The van der Waals surface area contributed by atoms with Crippen LogP contribution < -0.4 is 0 Å². The molecule has 0 N–H and O–H groups in total. The molecule has 0 aliphatic carbocycles. The van der Waals surface area contributed by atoms with Crippen LogP contribution in [-0.4, -0.2) is 25.3 Å². The number of benzene rings is 1. The molecule has 0 atom stereocenters. The van der Waals surface area contributed by atoms with Crippen LogP contribution in [0.4, 0.5) is 0 Å². The summed E-state index contributed by atoms with van der Waals surface area (Å²) in [6.07, 6.45) is 3.73. The van der Waals surface area contributed by atoms with Crippen LogP contribution in [0.15, 0.2) is 47.5 Å². The van der Waals surface area contributed by atoms with Crippen molar-refractivity contribution in [2.75, 3.05) is 7.11 Å². The van der Waals surface area contributed by atoms with E-state index in [0.717, 1.165) is 21.6 Å². The summed E-state index contributed by atoms with van der Waals surface area (Å²) in [6, 6.07) is 12.3. The SMILES string of the molecule is COC(=O)c1sc(-c2ccccc2)cc1/C(C)=C/C=NC(C)C. The molecular weight excluding hydrogens is 306 g/mol.